The number of rotatable bonds is 2. The summed E-state index contributed by atoms with van der Waals surface area (Å²) >= 11 is 1.95. The zero-order chi connectivity index (χ0) is 12.5. The van der Waals surface area contributed by atoms with E-state index in [0.717, 1.165) is 37.6 Å². The maximum atomic E-state index is 5.77. The zero-order valence-corrected chi connectivity index (χ0v) is 11.7. The fourth-order valence-corrected chi connectivity index (χ4v) is 4.05. The van der Waals surface area contributed by atoms with Gasteiger partial charge in [-0.25, -0.2) is 0 Å². The van der Waals surface area contributed by atoms with Gasteiger partial charge in [0.15, 0.2) is 11.5 Å². The largest absolute Gasteiger partial charge is 0.490 e. The molecule has 0 aliphatic carbocycles. The van der Waals surface area contributed by atoms with Crippen molar-refractivity contribution in [3.63, 3.8) is 0 Å². The second-order valence-electron chi connectivity index (χ2n) is 4.72. The number of fused-ring (bicyclic) bond motifs is 2. The normalized spacial score (nSPS) is 25.7. The first-order chi connectivity index (χ1) is 8.83. The zero-order valence-electron chi connectivity index (χ0n) is 10.9. The van der Waals surface area contributed by atoms with Gasteiger partial charge in [0, 0.05) is 22.6 Å². The van der Waals surface area contributed by atoms with Crippen molar-refractivity contribution in [2.75, 3.05) is 20.3 Å². The molecule has 0 aromatic heterocycles. The van der Waals surface area contributed by atoms with Crippen LogP contribution in [-0.4, -0.2) is 25.5 Å². The number of thioether (sulfide) groups is 1. The Morgan fingerprint density at radius 2 is 2.00 bits per heavy atom. The van der Waals surface area contributed by atoms with E-state index in [0.29, 0.717) is 11.3 Å². The van der Waals surface area contributed by atoms with Gasteiger partial charge in [0.25, 0.3) is 0 Å². The first-order valence-corrected chi connectivity index (χ1v) is 7.49. The Hall–Kier alpha value is -0.870. The molecule has 0 saturated heterocycles. The third-order valence-corrected chi connectivity index (χ3v) is 5.09. The lowest BCUT2D eigenvalue weighted by molar-refractivity contribution is 0.296. The van der Waals surface area contributed by atoms with Gasteiger partial charge in [0.2, 0.25) is 0 Å². The molecule has 0 saturated carbocycles. The minimum Gasteiger partial charge on any atom is -0.490 e. The quantitative estimate of drug-likeness (QED) is 0.890. The molecule has 0 fully saturated rings. The van der Waals surface area contributed by atoms with Gasteiger partial charge in [-0.05, 0) is 31.2 Å². The Labute approximate surface area is 112 Å². The van der Waals surface area contributed by atoms with Gasteiger partial charge < -0.3 is 14.8 Å². The van der Waals surface area contributed by atoms with Gasteiger partial charge in [-0.3, -0.25) is 0 Å². The van der Waals surface area contributed by atoms with Crippen molar-refractivity contribution in [2.45, 2.75) is 36.0 Å². The lowest BCUT2D eigenvalue weighted by Gasteiger charge is -2.17. The maximum absolute atomic E-state index is 5.77. The molecular weight excluding hydrogens is 246 g/mol. The number of hydrogen-bond acceptors (Lipinski definition) is 4. The number of benzene rings is 1. The fraction of sp³-hybridized carbons (Fsp3) is 0.571. The monoisotopic (exact) mass is 265 g/mol. The summed E-state index contributed by atoms with van der Waals surface area (Å²) in [5, 5.41) is 4.03. The molecule has 2 aliphatic heterocycles. The van der Waals surface area contributed by atoms with Crippen molar-refractivity contribution in [1.82, 2.24) is 5.32 Å². The summed E-state index contributed by atoms with van der Waals surface area (Å²) < 4.78 is 11.5. The average Bonchev–Trinajstić information content (AvgIpc) is 2.57. The molecule has 2 aliphatic rings. The van der Waals surface area contributed by atoms with Gasteiger partial charge in [0.05, 0.1) is 13.2 Å². The summed E-state index contributed by atoms with van der Waals surface area (Å²) in [7, 11) is 2.03. The predicted octanol–water partition coefficient (Wildman–Crippen LogP) is 2.99. The third-order valence-electron chi connectivity index (χ3n) is 3.58. The van der Waals surface area contributed by atoms with Crippen molar-refractivity contribution in [2.24, 2.45) is 0 Å². The maximum Gasteiger partial charge on any atom is 0.162 e. The smallest absolute Gasteiger partial charge is 0.162 e. The fourth-order valence-electron chi connectivity index (χ4n) is 2.64. The lowest BCUT2D eigenvalue weighted by atomic mass is 10.0. The van der Waals surface area contributed by atoms with E-state index in [1.165, 1.54) is 10.5 Å². The molecule has 0 amide bonds. The molecule has 18 heavy (non-hydrogen) atoms. The molecule has 4 heteroatoms. The van der Waals surface area contributed by atoms with Crippen LogP contribution in [0.2, 0.25) is 0 Å². The van der Waals surface area contributed by atoms with Gasteiger partial charge in [-0.2, -0.15) is 0 Å². The Kier molecular flexibility index (Phi) is 3.39. The summed E-state index contributed by atoms with van der Waals surface area (Å²) in [6.07, 6.45) is 2.12. The van der Waals surface area contributed by atoms with E-state index in [4.69, 9.17) is 9.47 Å². The molecule has 0 spiro atoms. The Morgan fingerprint density at radius 3 is 2.67 bits per heavy atom. The summed E-state index contributed by atoms with van der Waals surface area (Å²) in [6.45, 7) is 3.75. The van der Waals surface area contributed by atoms with Crippen LogP contribution >= 0.6 is 11.8 Å². The first-order valence-electron chi connectivity index (χ1n) is 6.61. The Balaban J connectivity index is 2.00. The highest BCUT2D eigenvalue weighted by molar-refractivity contribution is 8.00. The van der Waals surface area contributed by atoms with Gasteiger partial charge in [0.1, 0.15) is 0 Å². The predicted molar refractivity (Wildman–Crippen MR) is 73.8 cm³/mol. The van der Waals surface area contributed by atoms with Crippen LogP contribution in [0.15, 0.2) is 17.0 Å². The molecule has 3 nitrogen and oxygen atoms in total. The summed E-state index contributed by atoms with van der Waals surface area (Å²) in [5.74, 6) is 1.81. The Morgan fingerprint density at radius 1 is 1.28 bits per heavy atom. The molecule has 0 bridgehead atoms. The summed E-state index contributed by atoms with van der Waals surface area (Å²) in [4.78, 5) is 1.34. The van der Waals surface area contributed by atoms with Crippen LogP contribution in [-0.2, 0) is 0 Å². The van der Waals surface area contributed by atoms with E-state index < -0.39 is 0 Å². The molecule has 2 unspecified atom stereocenters. The van der Waals surface area contributed by atoms with Gasteiger partial charge >= 0.3 is 0 Å². The SMILES string of the molecule is CCC1Sc2cc3c(cc2C1NC)OCCCO3. The van der Waals surface area contributed by atoms with Crippen LogP contribution in [0.5, 0.6) is 11.5 Å². The molecule has 1 N–H and O–H groups in total. The molecule has 0 radical (unpaired) electrons. The Bertz CT molecular complexity index is 450. The van der Waals surface area contributed by atoms with Crippen molar-refractivity contribution in [1.29, 1.82) is 0 Å². The van der Waals surface area contributed by atoms with Crippen molar-refractivity contribution in [3.05, 3.63) is 17.7 Å². The van der Waals surface area contributed by atoms with E-state index >= 15 is 0 Å². The average molecular weight is 265 g/mol. The molecule has 3 rings (SSSR count). The molecular formula is C14H19NO2S. The second kappa shape index (κ2) is 5.02. The summed E-state index contributed by atoms with van der Waals surface area (Å²) in [6, 6.07) is 4.74. The molecule has 2 heterocycles. The highest BCUT2D eigenvalue weighted by Gasteiger charge is 2.32. The number of nitrogens with one attached hydrogen (secondary N) is 1. The van der Waals surface area contributed by atoms with Crippen LogP contribution in [0.25, 0.3) is 0 Å². The van der Waals surface area contributed by atoms with Gasteiger partial charge in [-0.1, -0.05) is 6.92 Å². The minimum absolute atomic E-state index is 0.423. The number of ether oxygens (including phenoxy) is 2. The van der Waals surface area contributed by atoms with E-state index in [9.17, 15) is 0 Å². The van der Waals surface area contributed by atoms with Crippen LogP contribution in [0.3, 0.4) is 0 Å². The topological polar surface area (TPSA) is 30.5 Å². The standard InChI is InChI=1S/C14H19NO2S/c1-3-12-14(15-2)9-7-10-11(8-13(9)18-12)17-6-4-5-16-10/h7-8,12,14-15H,3-6H2,1-2H3. The van der Waals surface area contributed by atoms with E-state index in [1.54, 1.807) is 0 Å². The first kappa shape index (κ1) is 12.2. The lowest BCUT2D eigenvalue weighted by Crippen LogP contribution is -2.23. The highest BCUT2D eigenvalue weighted by Crippen LogP contribution is 2.49. The minimum atomic E-state index is 0.423. The molecule has 1 aromatic rings. The second-order valence-corrected chi connectivity index (χ2v) is 6.00. The van der Waals surface area contributed by atoms with Crippen LogP contribution < -0.4 is 14.8 Å². The van der Waals surface area contributed by atoms with Gasteiger partial charge in [-0.15, -0.1) is 11.8 Å². The van der Waals surface area contributed by atoms with Crippen molar-refractivity contribution < 1.29 is 9.47 Å². The van der Waals surface area contributed by atoms with Crippen LogP contribution in [0, 0.1) is 0 Å². The van der Waals surface area contributed by atoms with Crippen LogP contribution in [0.4, 0.5) is 0 Å². The third kappa shape index (κ3) is 1.97. The van der Waals surface area contributed by atoms with E-state index in [-0.39, 0.29) is 0 Å². The van der Waals surface area contributed by atoms with Crippen LogP contribution in [0.1, 0.15) is 31.4 Å². The summed E-state index contributed by atoms with van der Waals surface area (Å²) in [5.41, 5.74) is 1.36. The van der Waals surface area contributed by atoms with E-state index in [1.807, 2.05) is 18.8 Å². The molecule has 98 valence electrons. The van der Waals surface area contributed by atoms with Crippen molar-refractivity contribution in [3.8, 4) is 11.5 Å². The number of hydrogen-bond donors (Lipinski definition) is 1. The van der Waals surface area contributed by atoms with E-state index in [2.05, 4.69) is 24.4 Å². The highest BCUT2D eigenvalue weighted by atomic mass is 32.2. The van der Waals surface area contributed by atoms with Crippen molar-refractivity contribution >= 4 is 11.8 Å². The molecule has 2 atom stereocenters. The molecule has 1 aromatic carbocycles.